The number of nitrogens with two attached hydrogens (primary N) is 1. The van der Waals surface area contributed by atoms with Gasteiger partial charge in [-0.05, 0) is 30.4 Å². The van der Waals surface area contributed by atoms with Crippen LogP contribution < -0.4 is 5.73 Å². The third-order valence-electron chi connectivity index (χ3n) is 3.77. The molecule has 1 aliphatic heterocycles. The molecule has 1 aromatic rings. The molecule has 0 bridgehead atoms. The first-order chi connectivity index (χ1) is 9.19. The zero-order chi connectivity index (χ0) is 13.7. The average molecular weight is 297 g/mol. The van der Waals surface area contributed by atoms with Gasteiger partial charge in [-0.2, -0.15) is 0 Å². The summed E-state index contributed by atoms with van der Waals surface area (Å²) in [7, 11) is 0. The maximum atomic E-state index is 12.1. The fraction of sp³-hybridized carbons (Fsp3) is 0.562. The van der Waals surface area contributed by atoms with Crippen molar-refractivity contribution in [3.8, 4) is 0 Å². The van der Waals surface area contributed by atoms with Crippen LogP contribution in [0.5, 0.6) is 0 Å². The summed E-state index contributed by atoms with van der Waals surface area (Å²) in [5.74, 6) is 0.203. The summed E-state index contributed by atoms with van der Waals surface area (Å²) in [6.45, 7) is 3.73. The van der Waals surface area contributed by atoms with Crippen LogP contribution >= 0.6 is 12.4 Å². The Balaban J connectivity index is 0.00000200. The van der Waals surface area contributed by atoms with E-state index < -0.39 is 0 Å². The van der Waals surface area contributed by atoms with Crippen molar-refractivity contribution in [2.45, 2.75) is 45.1 Å². The largest absolute Gasteiger partial charge is 0.341 e. The van der Waals surface area contributed by atoms with Crippen LogP contribution in [0.3, 0.4) is 0 Å². The van der Waals surface area contributed by atoms with Crippen LogP contribution in [-0.2, 0) is 17.6 Å². The first-order valence-corrected chi connectivity index (χ1v) is 7.30. The number of hydrogen-bond donors (Lipinski definition) is 1. The van der Waals surface area contributed by atoms with Crippen molar-refractivity contribution in [3.63, 3.8) is 0 Å². The molecule has 20 heavy (non-hydrogen) atoms. The standard InChI is InChI=1S/C16H24N2O.ClH/c1-2-3-4-13-5-7-14(8-6-13)11-16(19)18-10-9-15(17)12-18;/h5-8,15H,2-4,9-12,17H2,1H3;1H/t15-;/m1./s1. The number of amides is 1. The molecule has 0 unspecified atom stereocenters. The monoisotopic (exact) mass is 296 g/mol. The Morgan fingerprint density at radius 1 is 1.30 bits per heavy atom. The van der Waals surface area contributed by atoms with Crippen LogP contribution in [0.25, 0.3) is 0 Å². The maximum absolute atomic E-state index is 12.1. The molecule has 0 aromatic heterocycles. The van der Waals surface area contributed by atoms with Crippen molar-refractivity contribution in [2.75, 3.05) is 13.1 Å². The molecular weight excluding hydrogens is 272 g/mol. The van der Waals surface area contributed by atoms with Gasteiger partial charge in [0, 0.05) is 19.1 Å². The molecule has 112 valence electrons. The van der Waals surface area contributed by atoms with E-state index in [2.05, 4.69) is 31.2 Å². The molecule has 3 nitrogen and oxygen atoms in total. The number of benzene rings is 1. The minimum Gasteiger partial charge on any atom is -0.341 e. The Bertz CT molecular complexity index is 419. The van der Waals surface area contributed by atoms with Gasteiger partial charge in [-0.3, -0.25) is 4.79 Å². The molecule has 1 fully saturated rings. The Morgan fingerprint density at radius 3 is 2.50 bits per heavy atom. The van der Waals surface area contributed by atoms with Crippen molar-refractivity contribution < 1.29 is 4.79 Å². The smallest absolute Gasteiger partial charge is 0.227 e. The van der Waals surface area contributed by atoms with E-state index in [0.717, 1.165) is 24.9 Å². The zero-order valence-electron chi connectivity index (χ0n) is 12.2. The quantitative estimate of drug-likeness (QED) is 0.908. The Kier molecular flexibility index (Phi) is 7.03. The lowest BCUT2D eigenvalue weighted by Gasteiger charge is -2.15. The van der Waals surface area contributed by atoms with Gasteiger partial charge in [0.25, 0.3) is 0 Å². The van der Waals surface area contributed by atoms with Crippen LogP contribution in [0.2, 0.25) is 0 Å². The highest BCUT2D eigenvalue weighted by atomic mass is 35.5. The molecule has 1 heterocycles. The molecule has 2 rings (SSSR count). The van der Waals surface area contributed by atoms with Gasteiger partial charge in [0.05, 0.1) is 6.42 Å². The maximum Gasteiger partial charge on any atom is 0.227 e. The highest BCUT2D eigenvalue weighted by Gasteiger charge is 2.23. The van der Waals surface area contributed by atoms with E-state index in [9.17, 15) is 4.79 Å². The average Bonchev–Trinajstić information content (AvgIpc) is 2.85. The molecule has 4 heteroatoms. The van der Waals surface area contributed by atoms with E-state index in [1.54, 1.807) is 0 Å². The van der Waals surface area contributed by atoms with Crippen LogP contribution in [0, 0.1) is 0 Å². The molecule has 0 saturated carbocycles. The highest BCUT2D eigenvalue weighted by Crippen LogP contribution is 2.12. The molecule has 1 saturated heterocycles. The molecule has 1 aliphatic rings. The van der Waals surface area contributed by atoms with Crippen LogP contribution in [0.15, 0.2) is 24.3 Å². The number of carbonyl (C=O) groups excluding carboxylic acids is 1. The third-order valence-corrected chi connectivity index (χ3v) is 3.77. The summed E-state index contributed by atoms with van der Waals surface area (Å²) in [4.78, 5) is 14.0. The molecule has 0 aliphatic carbocycles. The topological polar surface area (TPSA) is 46.3 Å². The molecule has 1 atom stereocenters. The fourth-order valence-corrected chi connectivity index (χ4v) is 2.50. The predicted molar refractivity (Wildman–Crippen MR) is 85.2 cm³/mol. The normalized spacial score (nSPS) is 17.9. The number of rotatable bonds is 5. The second kappa shape index (κ2) is 8.28. The predicted octanol–water partition coefficient (Wildman–Crippen LogP) is 2.55. The van der Waals surface area contributed by atoms with Gasteiger partial charge in [-0.15, -0.1) is 12.4 Å². The summed E-state index contributed by atoms with van der Waals surface area (Å²) in [6.07, 6.45) is 5.01. The zero-order valence-corrected chi connectivity index (χ0v) is 13.0. The number of unbranched alkanes of at least 4 members (excludes halogenated alkanes) is 1. The number of hydrogen-bond acceptors (Lipinski definition) is 2. The number of nitrogens with zero attached hydrogens (tertiary/aromatic N) is 1. The van der Waals surface area contributed by atoms with Crippen LogP contribution in [0.1, 0.15) is 37.3 Å². The van der Waals surface area contributed by atoms with E-state index in [1.165, 1.54) is 18.4 Å². The van der Waals surface area contributed by atoms with Gasteiger partial charge >= 0.3 is 0 Å². The Morgan fingerprint density at radius 2 is 1.95 bits per heavy atom. The number of halogens is 1. The first kappa shape index (κ1) is 17.0. The SMILES string of the molecule is CCCCc1ccc(CC(=O)N2CC[C@@H](N)C2)cc1.Cl. The minimum atomic E-state index is 0. The summed E-state index contributed by atoms with van der Waals surface area (Å²) in [6, 6.07) is 8.63. The van der Waals surface area contributed by atoms with Crippen molar-refractivity contribution >= 4 is 18.3 Å². The summed E-state index contributed by atoms with van der Waals surface area (Å²) in [5.41, 5.74) is 8.29. The van der Waals surface area contributed by atoms with E-state index in [1.807, 2.05) is 4.90 Å². The van der Waals surface area contributed by atoms with Gasteiger partial charge in [-0.25, -0.2) is 0 Å². The van der Waals surface area contributed by atoms with Gasteiger partial charge in [0.15, 0.2) is 0 Å². The molecular formula is C16H25ClN2O. The van der Waals surface area contributed by atoms with E-state index >= 15 is 0 Å². The molecule has 0 radical (unpaired) electrons. The molecule has 1 aromatic carbocycles. The summed E-state index contributed by atoms with van der Waals surface area (Å²) < 4.78 is 0. The summed E-state index contributed by atoms with van der Waals surface area (Å²) in [5, 5.41) is 0. The van der Waals surface area contributed by atoms with Gasteiger partial charge in [0.1, 0.15) is 0 Å². The third kappa shape index (κ3) is 4.80. The van der Waals surface area contributed by atoms with Crippen molar-refractivity contribution in [2.24, 2.45) is 5.73 Å². The van der Waals surface area contributed by atoms with Gasteiger partial charge < -0.3 is 10.6 Å². The Hall–Kier alpha value is -1.06. The van der Waals surface area contributed by atoms with E-state index in [0.29, 0.717) is 13.0 Å². The highest BCUT2D eigenvalue weighted by molar-refractivity contribution is 5.85. The molecule has 1 amide bonds. The lowest BCUT2D eigenvalue weighted by Crippen LogP contribution is -2.32. The second-order valence-corrected chi connectivity index (χ2v) is 5.49. The van der Waals surface area contributed by atoms with E-state index in [4.69, 9.17) is 5.73 Å². The fourth-order valence-electron chi connectivity index (χ4n) is 2.50. The summed E-state index contributed by atoms with van der Waals surface area (Å²) >= 11 is 0. The van der Waals surface area contributed by atoms with Crippen LogP contribution in [-0.4, -0.2) is 29.9 Å². The minimum absolute atomic E-state index is 0. The second-order valence-electron chi connectivity index (χ2n) is 5.49. The van der Waals surface area contributed by atoms with Gasteiger partial charge in [-0.1, -0.05) is 37.6 Å². The van der Waals surface area contributed by atoms with E-state index in [-0.39, 0.29) is 24.4 Å². The lowest BCUT2D eigenvalue weighted by molar-refractivity contribution is -0.129. The number of carbonyl (C=O) groups is 1. The molecule has 2 N–H and O–H groups in total. The van der Waals surface area contributed by atoms with Crippen molar-refractivity contribution in [1.82, 2.24) is 4.90 Å². The number of likely N-dealkylation sites (tertiary alicyclic amines) is 1. The lowest BCUT2D eigenvalue weighted by atomic mass is 10.0. The molecule has 0 spiro atoms. The van der Waals surface area contributed by atoms with Gasteiger partial charge in [0.2, 0.25) is 5.91 Å². The van der Waals surface area contributed by atoms with Crippen LogP contribution in [0.4, 0.5) is 0 Å². The van der Waals surface area contributed by atoms with Crippen molar-refractivity contribution in [1.29, 1.82) is 0 Å². The Labute approximate surface area is 127 Å². The first-order valence-electron chi connectivity index (χ1n) is 7.30. The van der Waals surface area contributed by atoms with Crippen molar-refractivity contribution in [3.05, 3.63) is 35.4 Å². The number of aryl methyl sites for hydroxylation is 1.